The van der Waals surface area contributed by atoms with Crippen LogP contribution < -0.4 is 21.5 Å². The Bertz CT molecular complexity index is 1200. The van der Waals surface area contributed by atoms with Gasteiger partial charge < -0.3 is 25.3 Å². The summed E-state index contributed by atoms with van der Waals surface area (Å²) in [7, 11) is 1.72. The van der Waals surface area contributed by atoms with Crippen LogP contribution in [-0.2, 0) is 4.74 Å². The van der Waals surface area contributed by atoms with Crippen LogP contribution in [0.2, 0.25) is 0 Å². The van der Waals surface area contributed by atoms with Gasteiger partial charge in [-0.15, -0.1) is 0 Å². The van der Waals surface area contributed by atoms with Crippen molar-refractivity contribution in [2.24, 2.45) is 0 Å². The molecule has 31 heavy (non-hydrogen) atoms. The number of alkyl halides is 1. The quantitative estimate of drug-likeness (QED) is 0.546. The zero-order valence-corrected chi connectivity index (χ0v) is 16.8. The highest BCUT2D eigenvalue weighted by Crippen LogP contribution is 2.25. The van der Waals surface area contributed by atoms with Gasteiger partial charge in [-0.2, -0.15) is 9.61 Å². The van der Waals surface area contributed by atoms with Gasteiger partial charge in [-0.1, -0.05) is 0 Å². The Hall–Kier alpha value is -3.47. The molecule has 0 radical (unpaired) electrons. The zero-order valence-electron chi connectivity index (χ0n) is 16.8. The molecule has 2 aliphatic rings. The van der Waals surface area contributed by atoms with Crippen molar-refractivity contribution < 1.29 is 13.9 Å². The SMILES string of the molecule is CNc1cc(Nc2cccn(C3COC3)c2=O)nc2c(C(=O)N[C@H]3CC[C@H]3F)cnn12. The maximum absolute atomic E-state index is 13.6. The molecule has 1 amide bonds. The molecule has 2 atom stereocenters. The number of nitrogens with one attached hydrogen (secondary N) is 3. The maximum atomic E-state index is 13.6. The van der Waals surface area contributed by atoms with Crippen LogP contribution in [0.15, 0.2) is 35.4 Å². The molecule has 4 heterocycles. The van der Waals surface area contributed by atoms with Crippen molar-refractivity contribution in [1.82, 2.24) is 24.5 Å². The lowest BCUT2D eigenvalue weighted by atomic mass is 9.90. The van der Waals surface area contributed by atoms with Crippen LogP contribution >= 0.6 is 0 Å². The molecule has 1 aliphatic carbocycles. The third-order valence-electron chi connectivity index (χ3n) is 5.73. The van der Waals surface area contributed by atoms with Crippen LogP contribution in [0.5, 0.6) is 0 Å². The van der Waals surface area contributed by atoms with E-state index in [-0.39, 0.29) is 17.2 Å². The van der Waals surface area contributed by atoms with Gasteiger partial charge in [-0.05, 0) is 25.0 Å². The van der Waals surface area contributed by atoms with Gasteiger partial charge in [0.15, 0.2) is 5.65 Å². The molecule has 0 spiro atoms. The van der Waals surface area contributed by atoms with E-state index in [2.05, 4.69) is 26.0 Å². The normalized spacial score (nSPS) is 20.7. The molecule has 1 aliphatic heterocycles. The standard InChI is InChI=1S/C20H22FN7O3/c1-22-17-7-16(24-15-3-2-6-27(20(15)30)11-9-31-10-11)26-18-12(8-23-28(17)18)19(29)25-14-5-4-13(14)21/h2-3,6-8,11,13-14,22H,4-5,9-10H2,1H3,(H,24,26)(H,25,29)/t13-,14+/m1/s1. The summed E-state index contributed by atoms with van der Waals surface area (Å²) < 4.78 is 21.9. The van der Waals surface area contributed by atoms with E-state index in [9.17, 15) is 14.0 Å². The van der Waals surface area contributed by atoms with Crippen LogP contribution in [0.1, 0.15) is 29.2 Å². The number of nitrogens with zero attached hydrogens (tertiary/aromatic N) is 4. The third-order valence-corrected chi connectivity index (χ3v) is 5.73. The van der Waals surface area contributed by atoms with Gasteiger partial charge in [0.2, 0.25) is 0 Å². The van der Waals surface area contributed by atoms with Crippen LogP contribution in [0.25, 0.3) is 5.65 Å². The highest BCUT2D eigenvalue weighted by molar-refractivity contribution is 6.00. The van der Waals surface area contributed by atoms with E-state index in [1.807, 2.05) is 0 Å². The topological polar surface area (TPSA) is 115 Å². The molecule has 3 aromatic rings. The van der Waals surface area contributed by atoms with Crippen molar-refractivity contribution >= 4 is 28.9 Å². The number of carbonyl (C=O) groups is 1. The van der Waals surface area contributed by atoms with E-state index < -0.39 is 18.1 Å². The third kappa shape index (κ3) is 3.40. The number of hydrogen-bond donors (Lipinski definition) is 3. The van der Waals surface area contributed by atoms with Gasteiger partial charge in [0.25, 0.3) is 11.5 Å². The molecule has 5 rings (SSSR count). The van der Waals surface area contributed by atoms with E-state index in [4.69, 9.17) is 4.74 Å². The molecular weight excluding hydrogens is 405 g/mol. The fraction of sp³-hybridized carbons (Fsp3) is 0.400. The average molecular weight is 427 g/mol. The van der Waals surface area contributed by atoms with Crippen molar-refractivity contribution in [3.63, 3.8) is 0 Å². The van der Waals surface area contributed by atoms with Crippen LogP contribution in [0, 0.1) is 0 Å². The molecule has 10 nitrogen and oxygen atoms in total. The van der Waals surface area contributed by atoms with Gasteiger partial charge in [0.1, 0.15) is 29.1 Å². The molecule has 3 N–H and O–H groups in total. The molecule has 11 heteroatoms. The largest absolute Gasteiger partial charge is 0.377 e. The first kappa shape index (κ1) is 19.5. The minimum Gasteiger partial charge on any atom is -0.377 e. The lowest BCUT2D eigenvalue weighted by Crippen LogP contribution is -2.48. The number of ether oxygens (including phenoxy) is 1. The molecular formula is C20H22FN7O3. The second-order valence-corrected chi connectivity index (χ2v) is 7.69. The predicted molar refractivity (Wildman–Crippen MR) is 112 cm³/mol. The summed E-state index contributed by atoms with van der Waals surface area (Å²) in [5.41, 5.74) is 0.698. The second-order valence-electron chi connectivity index (χ2n) is 7.69. The summed E-state index contributed by atoms with van der Waals surface area (Å²) in [6, 6.07) is 4.68. The van der Waals surface area contributed by atoms with Crippen molar-refractivity contribution in [2.75, 3.05) is 30.9 Å². The number of pyridine rings is 1. The van der Waals surface area contributed by atoms with Crippen molar-refractivity contribution in [3.05, 3.63) is 46.5 Å². The minimum atomic E-state index is -1.02. The van der Waals surface area contributed by atoms with Crippen LogP contribution in [0.4, 0.5) is 21.7 Å². The van der Waals surface area contributed by atoms with E-state index in [0.29, 0.717) is 49.0 Å². The van der Waals surface area contributed by atoms with Crippen LogP contribution in [-0.4, -0.2) is 57.5 Å². The minimum absolute atomic E-state index is 0.0218. The van der Waals surface area contributed by atoms with Gasteiger partial charge in [-0.3, -0.25) is 9.59 Å². The van der Waals surface area contributed by atoms with E-state index >= 15 is 0 Å². The Labute approximate surface area is 176 Å². The summed E-state index contributed by atoms with van der Waals surface area (Å²) >= 11 is 0. The van der Waals surface area contributed by atoms with Crippen LogP contribution in [0.3, 0.4) is 0 Å². The lowest BCUT2D eigenvalue weighted by molar-refractivity contribution is -0.0247. The molecule has 0 unspecified atom stereocenters. The second kappa shape index (κ2) is 7.65. The average Bonchev–Trinajstić information content (AvgIpc) is 3.16. The van der Waals surface area contributed by atoms with Crippen molar-refractivity contribution in [2.45, 2.75) is 31.1 Å². The number of aromatic nitrogens is 4. The Balaban J connectivity index is 1.48. The van der Waals surface area contributed by atoms with Crippen molar-refractivity contribution in [3.8, 4) is 0 Å². The lowest BCUT2D eigenvalue weighted by Gasteiger charge is -2.30. The summed E-state index contributed by atoms with van der Waals surface area (Å²) in [5, 5.41) is 13.0. The summed E-state index contributed by atoms with van der Waals surface area (Å²) in [5.74, 6) is 0.515. The first-order chi connectivity index (χ1) is 15.0. The zero-order chi connectivity index (χ0) is 21.5. The Morgan fingerprint density at radius 2 is 2.16 bits per heavy atom. The summed E-state index contributed by atoms with van der Waals surface area (Å²) in [4.78, 5) is 30.0. The molecule has 162 valence electrons. The van der Waals surface area contributed by atoms with Gasteiger partial charge >= 0.3 is 0 Å². The van der Waals surface area contributed by atoms with Gasteiger partial charge in [0, 0.05) is 19.3 Å². The van der Waals surface area contributed by atoms with Crippen molar-refractivity contribution in [1.29, 1.82) is 0 Å². The number of fused-ring (bicyclic) bond motifs is 1. The van der Waals surface area contributed by atoms with E-state index in [1.165, 1.54) is 10.7 Å². The predicted octanol–water partition coefficient (Wildman–Crippen LogP) is 1.48. The summed E-state index contributed by atoms with van der Waals surface area (Å²) in [6.07, 6.45) is 3.18. The number of rotatable bonds is 6. The highest BCUT2D eigenvalue weighted by Gasteiger charge is 2.33. The Morgan fingerprint density at radius 1 is 1.32 bits per heavy atom. The smallest absolute Gasteiger partial charge is 0.274 e. The molecule has 3 aromatic heterocycles. The molecule has 0 bridgehead atoms. The number of carbonyl (C=O) groups excluding carboxylic acids is 1. The molecule has 1 saturated carbocycles. The molecule has 1 saturated heterocycles. The number of halogens is 1. The Kier molecular flexibility index (Phi) is 4.81. The number of hydrogen-bond acceptors (Lipinski definition) is 7. The van der Waals surface area contributed by atoms with E-state index in [1.54, 1.807) is 36.0 Å². The first-order valence-electron chi connectivity index (χ1n) is 10.1. The number of anilines is 3. The molecule has 0 aromatic carbocycles. The maximum Gasteiger partial charge on any atom is 0.274 e. The Morgan fingerprint density at radius 3 is 2.81 bits per heavy atom. The number of amides is 1. The first-order valence-corrected chi connectivity index (χ1v) is 10.1. The monoisotopic (exact) mass is 427 g/mol. The van der Waals surface area contributed by atoms with Gasteiger partial charge in [0.05, 0.1) is 31.5 Å². The molecule has 2 fully saturated rings. The highest BCUT2D eigenvalue weighted by atomic mass is 19.1. The van der Waals surface area contributed by atoms with Gasteiger partial charge in [-0.25, -0.2) is 9.37 Å². The summed E-state index contributed by atoms with van der Waals surface area (Å²) in [6.45, 7) is 1.01. The van der Waals surface area contributed by atoms with E-state index in [0.717, 1.165) is 0 Å². The fourth-order valence-electron chi connectivity index (χ4n) is 3.65. The fourth-order valence-corrected chi connectivity index (χ4v) is 3.65.